The summed E-state index contributed by atoms with van der Waals surface area (Å²) < 4.78 is 0. The van der Waals surface area contributed by atoms with Gasteiger partial charge in [0.15, 0.2) is 5.78 Å². The van der Waals surface area contributed by atoms with Crippen molar-refractivity contribution in [3.63, 3.8) is 0 Å². The molecule has 0 amide bonds. The fourth-order valence-electron chi connectivity index (χ4n) is 1.79. The quantitative estimate of drug-likeness (QED) is 0.719. The topological polar surface area (TPSA) is 44.1 Å². The maximum atomic E-state index is 11.2. The van der Waals surface area contributed by atoms with Gasteiger partial charge in [-0.3, -0.25) is 4.79 Å². The number of hydrogen-bond donors (Lipinski definition) is 0. The molecule has 1 fully saturated rings. The molecule has 2 rings (SSSR count). The smallest absolute Gasteiger partial charge is 0.169 e. The van der Waals surface area contributed by atoms with Gasteiger partial charge < -0.3 is 4.90 Å². The summed E-state index contributed by atoms with van der Waals surface area (Å²) in [5.41, 5.74) is 0.645. The Balaban J connectivity index is 2.37. The first kappa shape index (κ1) is 10.2. The molecule has 0 N–H and O–H groups in total. The van der Waals surface area contributed by atoms with E-state index in [0.717, 1.165) is 18.1 Å². The molecule has 15 heavy (non-hydrogen) atoms. The summed E-state index contributed by atoms with van der Waals surface area (Å²) >= 11 is 1.44. The van der Waals surface area contributed by atoms with Crippen LogP contribution in [0.5, 0.6) is 0 Å². The van der Waals surface area contributed by atoms with Gasteiger partial charge in [-0.1, -0.05) is 0 Å². The van der Waals surface area contributed by atoms with Crippen molar-refractivity contribution in [1.82, 2.24) is 0 Å². The largest absolute Gasteiger partial charge is 0.362 e. The summed E-state index contributed by atoms with van der Waals surface area (Å²) in [6.45, 7) is 3.56. The molecule has 0 radical (unpaired) electrons. The van der Waals surface area contributed by atoms with Gasteiger partial charge in [-0.15, -0.1) is 11.3 Å². The lowest BCUT2D eigenvalue weighted by Gasteiger charge is -2.14. The van der Waals surface area contributed by atoms with Crippen LogP contribution < -0.4 is 4.90 Å². The van der Waals surface area contributed by atoms with Crippen LogP contribution in [0.4, 0.5) is 5.00 Å². The molecule has 1 aliphatic rings. The van der Waals surface area contributed by atoms with Gasteiger partial charge in [0.2, 0.25) is 0 Å². The Morgan fingerprint density at radius 3 is 2.73 bits per heavy atom. The molecule has 0 aliphatic carbocycles. The molecule has 0 atom stereocenters. The summed E-state index contributed by atoms with van der Waals surface area (Å²) in [6, 6.07) is 3.87. The fourth-order valence-corrected chi connectivity index (χ4v) is 2.85. The first-order valence-electron chi connectivity index (χ1n) is 5.02. The summed E-state index contributed by atoms with van der Waals surface area (Å²) in [7, 11) is 0. The van der Waals surface area contributed by atoms with Crippen molar-refractivity contribution in [2.75, 3.05) is 18.0 Å². The monoisotopic (exact) mass is 220 g/mol. The molecule has 78 valence electrons. The van der Waals surface area contributed by atoms with E-state index in [0.29, 0.717) is 10.4 Å². The molecule has 1 saturated heterocycles. The van der Waals surface area contributed by atoms with Gasteiger partial charge in [-0.25, -0.2) is 0 Å². The van der Waals surface area contributed by atoms with E-state index in [2.05, 4.69) is 11.0 Å². The van der Waals surface area contributed by atoms with Crippen molar-refractivity contribution >= 4 is 22.1 Å². The van der Waals surface area contributed by atoms with Gasteiger partial charge in [0.05, 0.1) is 10.4 Å². The number of nitrogens with zero attached hydrogens (tertiary/aromatic N) is 2. The summed E-state index contributed by atoms with van der Waals surface area (Å²) in [5, 5.41) is 9.96. The first-order chi connectivity index (χ1) is 7.22. The lowest BCUT2D eigenvalue weighted by Crippen LogP contribution is -2.16. The Labute approximate surface area is 92.9 Å². The highest BCUT2D eigenvalue weighted by atomic mass is 32.1. The zero-order valence-corrected chi connectivity index (χ0v) is 9.43. The van der Waals surface area contributed by atoms with E-state index in [-0.39, 0.29) is 5.78 Å². The number of thiophene rings is 1. The van der Waals surface area contributed by atoms with Crippen LogP contribution in [0.1, 0.15) is 35.0 Å². The second kappa shape index (κ2) is 4.03. The molecule has 4 heteroatoms. The van der Waals surface area contributed by atoms with Crippen LogP contribution in [0.25, 0.3) is 0 Å². The van der Waals surface area contributed by atoms with E-state index in [9.17, 15) is 4.79 Å². The van der Waals surface area contributed by atoms with Gasteiger partial charge in [0.25, 0.3) is 0 Å². The molecule has 2 heterocycles. The Hall–Kier alpha value is -1.34. The van der Waals surface area contributed by atoms with Crippen LogP contribution in [0.2, 0.25) is 0 Å². The van der Waals surface area contributed by atoms with Gasteiger partial charge in [-0.05, 0) is 25.8 Å². The van der Waals surface area contributed by atoms with E-state index >= 15 is 0 Å². The summed E-state index contributed by atoms with van der Waals surface area (Å²) in [5.74, 6) is 0.0435. The van der Waals surface area contributed by atoms with E-state index in [1.165, 1.54) is 24.2 Å². The van der Waals surface area contributed by atoms with Crippen molar-refractivity contribution in [2.45, 2.75) is 19.8 Å². The second-order valence-electron chi connectivity index (χ2n) is 3.69. The third-order valence-electron chi connectivity index (χ3n) is 2.57. The first-order valence-corrected chi connectivity index (χ1v) is 5.84. The SMILES string of the molecule is CC(=O)c1cc(C#N)c(N2CCCC2)s1. The van der Waals surface area contributed by atoms with E-state index in [4.69, 9.17) is 5.26 Å². The number of rotatable bonds is 2. The molecule has 1 aromatic heterocycles. The van der Waals surface area contributed by atoms with Crippen molar-refractivity contribution < 1.29 is 4.79 Å². The molecule has 0 bridgehead atoms. The maximum Gasteiger partial charge on any atom is 0.169 e. The number of nitriles is 1. The highest BCUT2D eigenvalue weighted by Gasteiger charge is 2.20. The number of Topliss-reactive ketones (excluding diaryl/α,β-unsaturated/α-hetero) is 1. The van der Waals surface area contributed by atoms with Crippen LogP contribution in [-0.2, 0) is 0 Å². The highest BCUT2D eigenvalue weighted by Crippen LogP contribution is 2.33. The summed E-state index contributed by atoms with van der Waals surface area (Å²) in [4.78, 5) is 14.1. The zero-order chi connectivity index (χ0) is 10.8. The molecular formula is C11H12N2OS. The van der Waals surface area contributed by atoms with Crippen molar-refractivity contribution in [2.24, 2.45) is 0 Å². The van der Waals surface area contributed by atoms with Crippen LogP contribution in [0, 0.1) is 11.3 Å². The number of carbonyl (C=O) groups excluding carboxylic acids is 1. The second-order valence-corrected chi connectivity index (χ2v) is 4.72. The standard InChI is InChI=1S/C11H12N2OS/c1-8(14)10-6-9(7-12)11(15-10)13-4-2-3-5-13/h6H,2-5H2,1H3. The minimum atomic E-state index is 0.0435. The third-order valence-corrected chi connectivity index (χ3v) is 3.87. The average molecular weight is 220 g/mol. The van der Waals surface area contributed by atoms with Crippen LogP contribution in [0.3, 0.4) is 0 Å². The van der Waals surface area contributed by atoms with Gasteiger partial charge in [0, 0.05) is 13.1 Å². The molecule has 0 saturated carbocycles. The molecule has 0 aromatic carbocycles. The Morgan fingerprint density at radius 2 is 2.20 bits per heavy atom. The predicted octanol–water partition coefficient (Wildman–Crippen LogP) is 2.42. The van der Waals surface area contributed by atoms with E-state index in [1.807, 2.05) is 0 Å². The molecular weight excluding hydrogens is 208 g/mol. The lowest BCUT2D eigenvalue weighted by molar-refractivity contribution is 0.102. The molecule has 1 aliphatic heterocycles. The highest BCUT2D eigenvalue weighted by molar-refractivity contribution is 7.18. The zero-order valence-electron chi connectivity index (χ0n) is 8.62. The molecule has 3 nitrogen and oxygen atoms in total. The van der Waals surface area contributed by atoms with Gasteiger partial charge in [0.1, 0.15) is 11.1 Å². The third kappa shape index (κ3) is 1.88. The number of ketones is 1. The van der Waals surface area contributed by atoms with Crippen LogP contribution >= 0.6 is 11.3 Å². The Kier molecular flexibility index (Phi) is 2.74. The van der Waals surface area contributed by atoms with Gasteiger partial charge in [-0.2, -0.15) is 5.26 Å². The predicted molar refractivity (Wildman–Crippen MR) is 60.5 cm³/mol. The van der Waals surface area contributed by atoms with E-state index < -0.39 is 0 Å². The minimum Gasteiger partial charge on any atom is -0.362 e. The van der Waals surface area contributed by atoms with Crippen LogP contribution in [-0.4, -0.2) is 18.9 Å². The van der Waals surface area contributed by atoms with Crippen molar-refractivity contribution in [1.29, 1.82) is 5.26 Å². The fraction of sp³-hybridized carbons (Fsp3) is 0.455. The minimum absolute atomic E-state index is 0.0435. The van der Waals surface area contributed by atoms with Crippen molar-refractivity contribution in [3.05, 3.63) is 16.5 Å². The number of anilines is 1. The Morgan fingerprint density at radius 1 is 1.53 bits per heavy atom. The lowest BCUT2D eigenvalue weighted by atomic mass is 10.2. The molecule has 1 aromatic rings. The van der Waals surface area contributed by atoms with E-state index in [1.54, 1.807) is 13.0 Å². The number of hydrogen-bond acceptors (Lipinski definition) is 4. The Bertz CT molecular complexity index is 424. The molecule has 0 spiro atoms. The number of carbonyl (C=O) groups is 1. The normalized spacial score (nSPS) is 15.3. The maximum absolute atomic E-state index is 11.2. The molecule has 0 unspecified atom stereocenters. The van der Waals surface area contributed by atoms with Gasteiger partial charge >= 0.3 is 0 Å². The van der Waals surface area contributed by atoms with Crippen molar-refractivity contribution in [3.8, 4) is 6.07 Å². The van der Waals surface area contributed by atoms with Crippen LogP contribution in [0.15, 0.2) is 6.07 Å². The summed E-state index contributed by atoms with van der Waals surface area (Å²) in [6.07, 6.45) is 2.36. The average Bonchev–Trinajstić information content (AvgIpc) is 2.86.